The topological polar surface area (TPSA) is 66.5 Å². The number of rotatable bonds is 8. The molecule has 0 aliphatic carbocycles. The van der Waals surface area contributed by atoms with Crippen molar-refractivity contribution in [3.63, 3.8) is 0 Å². The third-order valence-electron chi connectivity index (χ3n) is 4.28. The number of halogens is 2. The zero-order valence-electron chi connectivity index (χ0n) is 15.6. The second-order valence-electron chi connectivity index (χ2n) is 6.26. The van der Waals surface area contributed by atoms with Crippen LogP contribution in [-0.2, 0) is 14.8 Å². The van der Waals surface area contributed by atoms with Gasteiger partial charge >= 0.3 is 0 Å². The van der Waals surface area contributed by atoms with Crippen molar-refractivity contribution in [3.05, 3.63) is 76.7 Å². The highest BCUT2D eigenvalue weighted by Gasteiger charge is 2.19. The molecule has 2 rings (SSSR count). The van der Waals surface area contributed by atoms with E-state index in [0.717, 1.165) is 23.1 Å². The second-order valence-corrected chi connectivity index (χ2v) is 7.91. The molecule has 0 aromatic heterocycles. The molecule has 150 valence electrons. The Morgan fingerprint density at radius 1 is 1.14 bits per heavy atom. The van der Waals surface area contributed by atoms with Crippen LogP contribution in [0.3, 0.4) is 0 Å². The minimum Gasteiger partial charge on any atom is -0.339 e. The highest BCUT2D eigenvalue weighted by molar-refractivity contribution is 7.92. The largest absolute Gasteiger partial charge is 0.339 e. The van der Waals surface area contributed by atoms with Gasteiger partial charge in [-0.25, -0.2) is 21.9 Å². The van der Waals surface area contributed by atoms with Gasteiger partial charge in [0.25, 0.3) is 0 Å². The maximum atomic E-state index is 13.4. The van der Waals surface area contributed by atoms with Gasteiger partial charge < -0.3 is 4.90 Å². The Labute approximate surface area is 163 Å². The molecule has 1 unspecified atom stereocenters. The number of benzene rings is 2. The molecule has 8 heteroatoms. The average Bonchev–Trinajstić information content (AvgIpc) is 2.68. The van der Waals surface area contributed by atoms with E-state index >= 15 is 0 Å². The van der Waals surface area contributed by atoms with Crippen LogP contribution in [0.15, 0.2) is 53.9 Å². The number of amides is 1. The lowest BCUT2D eigenvalue weighted by Gasteiger charge is -2.25. The third kappa shape index (κ3) is 6.24. The first-order valence-electron chi connectivity index (χ1n) is 8.63. The second kappa shape index (κ2) is 9.57. The van der Waals surface area contributed by atoms with Crippen molar-refractivity contribution >= 4 is 22.0 Å². The van der Waals surface area contributed by atoms with Crippen molar-refractivity contribution < 1.29 is 22.0 Å². The fraction of sp³-hybridized carbons (Fsp3) is 0.250. The molecule has 1 amide bonds. The molecular weight excluding hydrogens is 386 g/mol. The highest BCUT2D eigenvalue weighted by Crippen LogP contribution is 2.21. The van der Waals surface area contributed by atoms with E-state index in [1.54, 1.807) is 31.2 Å². The number of hydrogen-bond acceptors (Lipinski definition) is 3. The maximum absolute atomic E-state index is 13.4. The summed E-state index contributed by atoms with van der Waals surface area (Å²) >= 11 is 0. The zero-order chi connectivity index (χ0) is 20.7. The molecule has 2 aromatic rings. The van der Waals surface area contributed by atoms with Crippen molar-refractivity contribution in [2.75, 3.05) is 13.6 Å². The van der Waals surface area contributed by atoms with Gasteiger partial charge in [-0.1, -0.05) is 36.4 Å². The first-order valence-corrected chi connectivity index (χ1v) is 10.2. The van der Waals surface area contributed by atoms with Gasteiger partial charge in [0, 0.05) is 25.4 Å². The minimum atomic E-state index is -3.68. The van der Waals surface area contributed by atoms with Gasteiger partial charge in [0.15, 0.2) is 11.6 Å². The van der Waals surface area contributed by atoms with Crippen molar-refractivity contribution in [1.82, 2.24) is 9.62 Å². The van der Waals surface area contributed by atoms with E-state index in [0.29, 0.717) is 5.56 Å². The van der Waals surface area contributed by atoms with Gasteiger partial charge in [0.05, 0.1) is 6.04 Å². The van der Waals surface area contributed by atoms with Crippen LogP contribution in [0.5, 0.6) is 0 Å². The van der Waals surface area contributed by atoms with Crippen LogP contribution in [-0.4, -0.2) is 32.8 Å². The summed E-state index contributed by atoms with van der Waals surface area (Å²) in [5.41, 5.74) is 1.19. The van der Waals surface area contributed by atoms with Crippen molar-refractivity contribution in [2.24, 2.45) is 0 Å². The molecule has 0 radical (unpaired) electrons. The third-order valence-corrected chi connectivity index (χ3v) is 5.38. The monoisotopic (exact) mass is 408 g/mol. The van der Waals surface area contributed by atoms with E-state index in [9.17, 15) is 22.0 Å². The van der Waals surface area contributed by atoms with Crippen LogP contribution in [0.2, 0.25) is 0 Å². The molecule has 28 heavy (non-hydrogen) atoms. The van der Waals surface area contributed by atoms with E-state index in [4.69, 9.17) is 0 Å². The lowest BCUT2D eigenvalue weighted by molar-refractivity contribution is -0.131. The lowest BCUT2D eigenvalue weighted by Crippen LogP contribution is -2.33. The predicted molar refractivity (Wildman–Crippen MR) is 105 cm³/mol. The molecular formula is C20H22F2N2O3S. The minimum absolute atomic E-state index is 0.0665. The fourth-order valence-corrected chi connectivity index (χ4v) is 3.29. The molecule has 0 bridgehead atoms. The van der Waals surface area contributed by atoms with Crippen LogP contribution in [0.25, 0.3) is 6.08 Å². The summed E-state index contributed by atoms with van der Waals surface area (Å²) < 4.78 is 52.7. The van der Waals surface area contributed by atoms with E-state index in [1.165, 1.54) is 24.1 Å². The Hall–Kier alpha value is -2.58. The van der Waals surface area contributed by atoms with Crippen LogP contribution in [0.4, 0.5) is 8.78 Å². The molecule has 1 atom stereocenters. The van der Waals surface area contributed by atoms with E-state index < -0.39 is 27.7 Å². The SMILES string of the molecule is CC(c1ccc(F)c(F)c1)N(C)C(=O)CCNS(=O)(=O)/C=C/c1ccccc1. The van der Waals surface area contributed by atoms with Gasteiger partial charge in [-0.2, -0.15) is 0 Å². The Morgan fingerprint density at radius 3 is 2.46 bits per heavy atom. The Bertz CT molecular complexity index is 947. The number of carbonyl (C=O) groups is 1. The summed E-state index contributed by atoms with van der Waals surface area (Å²) in [6.45, 7) is 1.60. The Balaban J connectivity index is 1.88. The number of carbonyl (C=O) groups excluding carboxylic acids is 1. The molecule has 5 nitrogen and oxygen atoms in total. The first-order chi connectivity index (χ1) is 13.2. The summed E-state index contributed by atoms with van der Waals surface area (Å²) in [5.74, 6) is -2.27. The normalized spacial score (nSPS) is 12.9. The van der Waals surface area contributed by atoms with Gasteiger partial charge in [-0.15, -0.1) is 0 Å². The van der Waals surface area contributed by atoms with Crippen LogP contribution in [0.1, 0.15) is 30.5 Å². The highest BCUT2D eigenvalue weighted by atomic mass is 32.2. The van der Waals surface area contributed by atoms with Crippen LogP contribution in [0, 0.1) is 11.6 Å². The van der Waals surface area contributed by atoms with Crippen LogP contribution < -0.4 is 4.72 Å². The predicted octanol–water partition coefficient (Wildman–Crippen LogP) is 3.46. The molecule has 1 N–H and O–H groups in total. The summed E-state index contributed by atoms with van der Waals surface area (Å²) in [4.78, 5) is 13.6. The number of sulfonamides is 1. The van der Waals surface area contributed by atoms with Gasteiger partial charge in [0.1, 0.15) is 0 Å². The smallest absolute Gasteiger partial charge is 0.233 e. The molecule has 0 fully saturated rings. The number of hydrogen-bond donors (Lipinski definition) is 1. The number of nitrogens with one attached hydrogen (secondary N) is 1. The van der Waals surface area contributed by atoms with Crippen molar-refractivity contribution in [3.8, 4) is 0 Å². The molecule has 2 aromatic carbocycles. The van der Waals surface area contributed by atoms with Crippen LogP contribution >= 0.6 is 0 Å². The standard InChI is InChI=1S/C20H22F2N2O3S/c1-15(17-8-9-18(21)19(22)14-17)24(2)20(25)10-12-23-28(26,27)13-11-16-6-4-3-5-7-16/h3-9,11,13-15,23H,10,12H2,1-2H3/b13-11+. The molecule has 0 aliphatic rings. The lowest BCUT2D eigenvalue weighted by atomic mass is 10.1. The van der Waals surface area contributed by atoms with Gasteiger partial charge in [0.2, 0.25) is 15.9 Å². The van der Waals surface area contributed by atoms with E-state index in [1.807, 2.05) is 6.07 Å². The number of nitrogens with zero attached hydrogens (tertiary/aromatic N) is 1. The molecule has 0 heterocycles. The first kappa shape index (κ1) is 21.7. The summed E-state index contributed by atoms with van der Waals surface area (Å²) in [6, 6.07) is 11.9. The maximum Gasteiger partial charge on any atom is 0.233 e. The zero-order valence-corrected chi connectivity index (χ0v) is 16.4. The van der Waals surface area contributed by atoms with E-state index in [2.05, 4.69) is 4.72 Å². The van der Waals surface area contributed by atoms with E-state index in [-0.39, 0.29) is 18.9 Å². The average molecular weight is 408 g/mol. The summed E-state index contributed by atoms with van der Waals surface area (Å²) in [7, 11) is -2.15. The molecule has 0 saturated carbocycles. The van der Waals surface area contributed by atoms with Gasteiger partial charge in [-0.05, 0) is 36.3 Å². The van der Waals surface area contributed by atoms with Crippen molar-refractivity contribution in [2.45, 2.75) is 19.4 Å². The quantitative estimate of drug-likeness (QED) is 0.727. The Kier molecular flexibility index (Phi) is 7.42. The Morgan fingerprint density at radius 2 is 1.82 bits per heavy atom. The van der Waals surface area contributed by atoms with Gasteiger partial charge in [-0.3, -0.25) is 4.79 Å². The molecule has 0 spiro atoms. The molecule has 0 saturated heterocycles. The van der Waals surface area contributed by atoms with Crippen molar-refractivity contribution in [1.29, 1.82) is 0 Å². The fourth-order valence-electron chi connectivity index (χ4n) is 2.47. The summed E-state index contributed by atoms with van der Waals surface area (Å²) in [5, 5.41) is 1.04. The molecule has 0 aliphatic heterocycles. The summed E-state index contributed by atoms with van der Waals surface area (Å²) in [6.07, 6.45) is 1.39.